The summed E-state index contributed by atoms with van der Waals surface area (Å²) in [5, 5.41) is 6.47. The highest BCUT2D eigenvalue weighted by molar-refractivity contribution is 14.0. The number of rotatable bonds is 6. The molecule has 1 saturated heterocycles. The van der Waals surface area contributed by atoms with Gasteiger partial charge in [0, 0.05) is 18.5 Å². The van der Waals surface area contributed by atoms with Gasteiger partial charge in [-0.1, -0.05) is 12.1 Å². The number of hydrogen-bond acceptors (Lipinski definition) is 3. The lowest BCUT2D eigenvalue weighted by Crippen LogP contribution is -2.40. The van der Waals surface area contributed by atoms with Crippen molar-refractivity contribution in [1.29, 1.82) is 0 Å². The molecule has 1 aliphatic heterocycles. The number of nitrogens with zero attached hydrogens (tertiary/aromatic N) is 1. The van der Waals surface area contributed by atoms with Gasteiger partial charge in [-0.05, 0) is 49.8 Å². The van der Waals surface area contributed by atoms with Crippen LogP contribution in [0.15, 0.2) is 29.3 Å². The van der Waals surface area contributed by atoms with E-state index in [1.54, 1.807) is 12.1 Å². The molecule has 2 aliphatic rings. The number of guanidine groups is 1. The van der Waals surface area contributed by atoms with E-state index < -0.39 is 9.84 Å². The molecule has 0 radical (unpaired) electrons. The molecule has 1 aromatic carbocycles. The van der Waals surface area contributed by atoms with Gasteiger partial charge >= 0.3 is 0 Å². The Hall–Kier alpha value is -0.900. The van der Waals surface area contributed by atoms with Crippen LogP contribution in [0.4, 0.5) is 4.39 Å². The van der Waals surface area contributed by atoms with Gasteiger partial charge in [0.2, 0.25) is 0 Å². The molecule has 3 rings (SSSR count). The predicted molar refractivity (Wildman–Crippen MR) is 113 cm³/mol. The lowest BCUT2D eigenvalue weighted by atomic mass is 9.96. The van der Waals surface area contributed by atoms with Crippen molar-refractivity contribution in [3.63, 3.8) is 0 Å². The van der Waals surface area contributed by atoms with Crippen LogP contribution in [0.5, 0.6) is 0 Å². The van der Waals surface area contributed by atoms with Gasteiger partial charge in [-0.15, -0.1) is 24.0 Å². The highest BCUT2D eigenvalue weighted by Crippen LogP contribution is 2.48. The molecule has 5 nitrogen and oxygen atoms in total. The fourth-order valence-electron chi connectivity index (χ4n) is 3.35. The van der Waals surface area contributed by atoms with E-state index in [9.17, 15) is 12.8 Å². The molecule has 146 valence electrons. The molecule has 1 atom stereocenters. The zero-order chi connectivity index (χ0) is 17.9. The van der Waals surface area contributed by atoms with E-state index in [-0.39, 0.29) is 52.6 Å². The lowest BCUT2D eigenvalue weighted by Gasteiger charge is -2.17. The Morgan fingerprint density at radius 1 is 1.35 bits per heavy atom. The summed E-state index contributed by atoms with van der Waals surface area (Å²) >= 11 is 0. The summed E-state index contributed by atoms with van der Waals surface area (Å²) in [4.78, 5) is 4.67. The average molecular weight is 495 g/mol. The summed E-state index contributed by atoms with van der Waals surface area (Å²) in [6.07, 6.45) is 2.74. The predicted octanol–water partition coefficient (Wildman–Crippen LogP) is 2.47. The molecule has 2 N–H and O–H groups in total. The third-order valence-corrected chi connectivity index (χ3v) is 6.90. The molecule has 1 aliphatic carbocycles. The minimum Gasteiger partial charge on any atom is -0.357 e. The lowest BCUT2D eigenvalue weighted by molar-refractivity contribution is 0.566. The van der Waals surface area contributed by atoms with E-state index in [4.69, 9.17) is 0 Å². The first-order valence-corrected chi connectivity index (χ1v) is 10.7. The number of hydrogen-bond donors (Lipinski definition) is 2. The Labute approximate surface area is 172 Å². The highest BCUT2D eigenvalue weighted by atomic mass is 127. The third-order valence-electron chi connectivity index (χ3n) is 5.06. The molecular weight excluding hydrogens is 468 g/mol. The molecule has 1 unspecified atom stereocenters. The maximum absolute atomic E-state index is 13.5. The summed E-state index contributed by atoms with van der Waals surface area (Å²) in [7, 11) is -2.86. The largest absolute Gasteiger partial charge is 0.357 e. The number of aliphatic imine (C=N–C) groups is 1. The van der Waals surface area contributed by atoms with Crippen LogP contribution in [-0.4, -0.2) is 45.5 Å². The van der Waals surface area contributed by atoms with Gasteiger partial charge < -0.3 is 10.6 Å². The summed E-state index contributed by atoms with van der Waals surface area (Å²) < 4.78 is 36.6. The van der Waals surface area contributed by atoms with Gasteiger partial charge in [0.05, 0.1) is 18.1 Å². The van der Waals surface area contributed by atoms with Gasteiger partial charge in [0.15, 0.2) is 15.8 Å². The van der Waals surface area contributed by atoms with Crippen molar-refractivity contribution >= 4 is 39.8 Å². The van der Waals surface area contributed by atoms with Gasteiger partial charge in [-0.3, -0.25) is 4.99 Å². The zero-order valence-electron chi connectivity index (χ0n) is 15.0. The molecule has 2 fully saturated rings. The van der Waals surface area contributed by atoms with Crippen LogP contribution < -0.4 is 10.6 Å². The second-order valence-corrected chi connectivity index (χ2v) is 9.36. The van der Waals surface area contributed by atoms with Crippen LogP contribution in [0.1, 0.15) is 31.7 Å². The standard InChI is InChI=1S/C18H26FN3O2S.HI/c1-2-20-17(21-11-14-6-9-25(23,24)12-14)22-13-18(7-8-18)15-4-3-5-16(19)10-15;/h3-5,10,14H,2,6-9,11-13H2,1H3,(H2,20,21,22);1H. The maximum atomic E-state index is 13.5. The second kappa shape index (κ2) is 8.86. The van der Waals surface area contributed by atoms with E-state index in [1.807, 2.05) is 13.0 Å². The normalized spacial score (nSPS) is 23.2. The smallest absolute Gasteiger partial charge is 0.191 e. The number of sulfone groups is 1. The van der Waals surface area contributed by atoms with Gasteiger partial charge in [-0.2, -0.15) is 0 Å². The molecular formula is C18H27FIN3O2S. The molecule has 1 heterocycles. The van der Waals surface area contributed by atoms with Gasteiger partial charge in [0.1, 0.15) is 5.82 Å². The average Bonchev–Trinajstić information content (AvgIpc) is 3.28. The van der Waals surface area contributed by atoms with Crippen molar-refractivity contribution in [2.24, 2.45) is 10.9 Å². The molecule has 8 heteroatoms. The first-order chi connectivity index (χ1) is 11.9. The van der Waals surface area contributed by atoms with Crippen molar-refractivity contribution < 1.29 is 12.8 Å². The zero-order valence-corrected chi connectivity index (χ0v) is 18.1. The topological polar surface area (TPSA) is 70.6 Å². The quantitative estimate of drug-likeness (QED) is 0.362. The van der Waals surface area contributed by atoms with Crippen molar-refractivity contribution in [3.8, 4) is 0 Å². The fraction of sp³-hybridized carbons (Fsp3) is 0.611. The Bertz CT molecular complexity index is 751. The molecule has 0 bridgehead atoms. The highest BCUT2D eigenvalue weighted by Gasteiger charge is 2.44. The van der Waals surface area contributed by atoms with Crippen LogP contribution >= 0.6 is 24.0 Å². The van der Waals surface area contributed by atoms with Crippen molar-refractivity contribution in [2.75, 3.05) is 31.1 Å². The van der Waals surface area contributed by atoms with Crippen LogP contribution in [0.2, 0.25) is 0 Å². The monoisotopic (exact) mass is 495 g/mol. The maximum Gasteiger partial charge on any atom is 0.191 e. The van der Waals surface area contributed by atoms with Crippen LogP contribution in [-0.2, 0) is 15.3 Å². The first kappa shape index (κ1) is 21.4. The van der Waals surface area contributed by atoms with Crippen LogP contribution in [0.3, 0.4) is 0 Å². The molecule has 0 aromatic heterocycles. The summed E-state index contributed by atoms with van der Waals surface area (Å²) in [6.45, 7) is 3.95. The molecule has 1 aromatic rings. The first-order valence-electron chi connectivity index (χ1n) is 8.91. The Morgan fingerprint density at radius 3 is 2.69 bits per heavy atom. The van der Waals surface area contributed by atoms with E-state index in [1.165, 1.54) is 6.07 Å². The van der Waals surface area contributed by atoms with Gasteiger partial charge in [0.25, 0.3) is 0 Å². The Balaban J connectivity index is 0.00000243. The van der Waals surface area contributed by atoms with Crippen molar-refractivity contribution in [1.82, 2.24) is 10.6 Å². The Kier molecular flexibility index (Phi) is 7.29. The van der Waals surface area contributed by atoms with E-state index >= 15 is 0 Å². The summed E-state index contributed by atoms with van der Waals surface area (Å²) in [5.74, 6) is 1.18. The summed E-state index contributed by atoms with van der Waals surface area (Å²) in [5.41, 5.74) is 0.954. The minimum absolute atomic E-state index is 0. The summed E-state index contributed by atoms with van der Waals surface area (Å²) in [6, 6.07) is 6.78. The number of nitrogens with one attached hydrogen (secondary N) is 2. The fourth-order valence-corrected chi connectivity index (χ4v) is 5.22. The Morgan fingerprint density at radius 2 is 2.12 bits per heavy atom. The molecule has 0 spiro atoms. The van der Waals surface area contributed by atoms with Crippen LogP contribution in [0, 0.1) is 11.7 Å². The van der Waals surface area contributed by atoms with Crippen molar-refractivity contribution in [3.05, 3.63) is 35.6 Å². The van der Waals surface area contributed by atoms with Gasteiger partial charge in [-0.25, -0.2) is 12.8 Å². The number of halogens is 2. The van der Waals surface area contributed by atoms with E-state index in [2.05, 4.69) is 15.6 Å². The molecule has 1 saturated carbocycles. The SMILES string of the molecule is CCNC(=NCC1(c2cccc(F)c2)CC1)NCC1CCS(=O)(=O)C1.I. The van der Waals surface area contributed by atoms with E-state index in [0.717, 1.165) is 24.9 Å². The second-order valence-electron chi connectivity index (χ2n) is 7.14. The minimum atomic E-state index is -2.86. The molecule has 26 heavy (non-hydrogen) atoms. The third kappa shape index (κ3) is 5.55. The van der Waals surface area contributed by atoms with Crippen molar-refractivity contribution in [2.45, 2.75) is 31.6 Å². The van der Waals surface area contributed by atoms with E-state index in [0.29, 0.717) is 25.5 Å². The molecule has 0 amide bonds. The van der Waals surface area contributed by atoms with Crippen LogP contribution in [0.25, 0.3) is 0 Å². The number of benzene rings is 1.